The first kappa shape index (κ1) is 64.7. The van der Waals surface area contributed by atoms with Gasteiger partial charge in [-0.3, -0.25) is 9.59 Å². The van der Waals surface area contributed by atoms with Crippen molar-refractivity contribution in [1.29, 1.82) is 0 Å². The van der Waals surface area contributed by atoms with E-state index in [4.69, 9.17) is 14.2 Å². The van der Waals surface area contributed by atoms with Gasteiger partial charge in [0.2, 0.25) is 0 Å². The zero-order valence-electron chi connectivity index (χ0n) is 44.5. The zero-order valence-corrected chi connectivity index (χ0v) is 44.5. The number of aliphatic carboxylic acids is 1. The minimum atomic E-state index is -0.884. The Balaban J connectivity index is 4.31. The first-order valence-electron chi connectivity index (χ1n) is 27.1. The van der Waals surface area contributed by atoms with E-state index in [9.17, 15) is 19.5 Å². The van der Waals surface area contributed by atoms with E-state index in [0.29, 0.717) is 19.3 Å². The van der Waals surface area contributed by atoms with Gasteiger partial charge >= 0.3 is 17.9 Å². The number of rotatable bonds is 47. The van der Waals surface area contributed by atoms with Crippen LogP contribution in [0.1, 0.15) is 194 Å². The largest absolute Gasteiger partial charge is 0.477 e. The Morgan fingerprint density at radius 1 is 0.435 bits per heavy atom. The van der Waals surface area contributed by atoms with Gasteiger partial charge in [0.05, 0.1) is 34.4 Å². The van der Waals surface area contributed by atoms with E-state index in [1.165, 1.54) is 32.1 Å². The summed E-state index contributed by atoms with van der Waals surface area (Å²) in [5, 5.41) is 9.67. The van der Waals surface area contributed by atoms with Gasteiger partial charge < -0.3 is 23.8 Å². The number of unbranched alkanes of at least 4 members (excludes halogenated alkanes) is 13. The van der Waals surface area contributed by atoms with Gasteiger partial charge in [-0.05, 0) is 103 Å². The third kappa shape index (κ3) is 48.5. The molecule has 1 N–H and O–H groups in total. The maximum absolute atomic E-state index is 12.8. The minimum Gasteiger partial charge on any atom is -0.477 e. The van der Waals surface area contributed by atoms with Crippen LogP contribution in [0.3, 0.4) is 0 Å². The van der Waals surface area contributed by atoms with Crippen molar-refractivity contribution in [2.75, 3.05) is 41.0 Å². The summed E-state index contributed by atoms with van der Waals surface area (Å²) in [6.45, 7) is 4.47. The number of likely N-dealkylation sites (N-methyl/N-ethyl adjacent to an activating group) is 1. The number of hydrogen-bond acceptors (Lipinski definition) is 6. The topological polar surface area (TPSA) is 99.1 Å². The summed E-state index contributed by atoms with van der Waals surface area (Å²) in [6, 6.07) is -0.628. The zero-order chi connectivity index (χ0) is 50.6. The van der Waals surface area contributed by atoms with Gasteiger partial charge in [0.1, 0.15) is 6.61 Å². The average Bonchev–Trinajstić information content (AvgIpc) is 3.31. The molecule has 0 aromatic heterocycles. The maximum Gasteiger partial charge on any atom is 0.362 e. The van der Waals surface area contributed by atoms with Gasteiger partial charge in [0.15, 0.2) is 12.1 Å². The molecule has 8 heteroatoms. The lowest BCUT2D eigenvalue weighted by Gasteiger charge is -2.31. The van der Waals surface area contributed by atoms with Gasteiger partial charge in [-0.1, -0.05) is 193 Å². The number of nitrogens with zero attached hydrogens (tertiary/aromatic N) is 1. The molecule has 8 nitrogen and oxygen atoms in total. The van der Waals surface area contributed by atoms with Crippen LogP contribution in [0.5, 0.6) is 0 Å². The molecule has 2 unspecified atom stereocenters. The number of hydrogen-bond donors (Lipinski definition) is 1. The highest BCUT2D eigenvalue weighted by atomic mass is 16.6. The third-order valence-electron chi connectivity index (χ3n) is 11.4. The Morgan fingerprint density at radius 2 is 0.768 bits per heavy atom. The molecule has 0 aromatic rings. The molecular weight excluding hydrogens is 859 g/mol. The van der Waals surface area contributed by atoms with Crippen LogP contribution in [0.15, 0.2) is 122 Å². The van der Waals surface area contributed by atoms with Crippen molar-refractivity contribution in [2.24, 2.45) is 0 Å². The fourth-order valence-electron chi connectivity index (χ4n) is 7.26. The van der Waals surface area contributed by atoms with Gasteiger partial charge in [0.25, 0.3) is 0 Å². The number of carboxylic acids is 1. The summed E-state index contributed by atoms with van der Waals surface area (Å²) in [5.41, 5.74) is 0. The van der Waals surface area contributed by atoms with Crippen molar-refractivity contribution < 1.29 is 38.2 Å². The van der Waals surface area contributed by atoms with Crippen LogP contribution in [0, 0.1) is 0 Å². The molecule has 2 atom stereocenters. The molecule has 0 bridgehead atoms. The van der Waals surface area contributed by atoms with E-state index >= 15 is 0 Å². The van der Waals surface area contributed by atoms with E-state index in [2.05, 4.69) is 135 Å². The summed E-state index contributed by atoms with van der Waals surface area (Å²) in [6.07, 6.45) is 71.0. The fraction of sp³-hybridized carbons (Fsp3) is 0.623. The van der Waals surface area contributed by atoms with Crippen molar-refractivity contribution in [1.82, 2.24) is 0 Å². The third-order valence-corrected chi connectivity index (χ3v) is 11.4. The van der Waals surface area contributed by atoms with Crippen molar-refractivity contribution in [3.05, 3.63) is 122 Å². The van der Waals surface area contributed by atoms with Crippen molar-refractivity contribution in [3.63, 3.8) is 0 Å². The van der Waals surface area contributed by atoms with Gasteiger partial charge in [-0.2, -0.15) is 0 Å². The highest BCUT2D eigenvalue weighted by molar-refractivity contribution is 5.72. The molecular formula is C61H100NO7+. The van der Waals surface area contributed by atoms with Crippen LogP contribution < -0.4 is 0 Å². The number of carboxylic acid groups (broad SMARTS) is 1. The van der Waals surface area contributed by atoms with Crippen LogP contribution in [0.4, 0.5) is 0 Å². The number of quaternary nitrogens is 1. The van der Waals surface area contributed by atoms with Gasteiger partial charge in [0, 0.05) is 19.3 Å². The summed E-state index contributed by atoms with van der Waals surface area (Å²) in [7, 11) is 5.52. The molecule has 0 radical (unpaired) electrons. The SMILES string of the molecule is CC/C=C/C/C=C/C/C=C/C/C=C/C/C=C/CCCCCCCCCC(=O)OC(COCCC(C(=O)O)[N+](C)(C)C)COC(=O)CCCCCCCC/C=C/C/C=C/C/C=C/C/C=C/C/C=C/CC. The lowest BCUT2D eigenvalue weighted by Crippen LogP contribution is -2.50. The van der Waals surface area contributed by atoms with E-state index in [0.717, 1.165) is 128 Å². The van der Waals surface area contributed by atoms with Crippen LogP contribution >= 0.6 is 0 Å². The first-order chi connectivity index (χ1) is 33.6. The molecule has 0 rings (SSSR count). The maximum atomic E-state index is 12.8. The Bertz CT molecular complexity index is 1540. The quantitative estimate of drug-likeness (QED) is 0.0281. The standard InChI is InChI=1S/C61H99NO7/c1-6-8-10-12-14-16-18-20-22-24-26-28-30-32-34-36-38-40-42-44-46-48-50-52-60(64)69-57(55-67-54-53-58(61(65)66)62(3,4)5)56-68-59(63)51-49-47-45-43-41-39-37-35-33-31-29-27-25-23-21-19-17-15-13-11-9-7-2/h8-11,14-17,20-23,26-29,32-35,57-58H,6-7,12-13,18-19,24-25,30-31,36-56H2,1-5H3/p+1/b10-8+,11-9+,16-14+,17-15+,22-20+,23-21+,28-26+,29-27+,34-32+,35-33+. The predicted molar refractivity (Wildman–Crippen MR) is 293 cm³/mol. The number of carbonyl (C=O) groups is 3. The van der Waals surface area contributed by atoms with E-state index in [-0.39, 0.29) is 36.2 Å². The number of allylic oxidation sites excluding steroid dienone is 20. The summed E-state index contributed by atoms with van der Waals surface area (Å²) in [5.74, 6) is -1.51. The molecule has 0 amide bonds. The smallest absolute Gasteiger partial charge is 0.362 e. The van der Waals surface area contributed by atoms with Crippen LogP contribution in [-0.4, -0.2) is 80.6 Å². The number of ether oxygens (including phenoxy) is 3. The monoisotopic (exact) mass is 959 g/mol. The second-order valence-corrected chi connectivity index (χ2v) is 18.7. The average molecular weight is 959 g/mol. The summed E-state index contributed by atoms with van der Waals surface area (Å²) < 4.78 is 17.4. The van der Waals surface area contributed by atoms with Crippen LogP contribution in [0.25, 0.3) is 0 Å². The molecule has 0 aliphatic carbocycles. The number of carbonyl (C=O) groups excluding carboxylic acids is 2. The Kier molecular flexibility index (Phi) is 47.0. The van der Waals surface area contributed by atoms with Crippen LogP contribution in [-0.2, 0) is 28.6 Å². The molecule has 0 saturated carbocycles. The van der Waals surface area contributed by atoms with E-state index in [1.807, 2.05) is 21.1 Å². The Labute approximate surface area is 422 Å². The highest BCUT2D eigenvalue weighted by Crippen LogP contribution is 2.14. The second kappa shape index (κ2) is 50.1. The van der Waals surface area contributed by atoms with E-state index < -0.39 is 18.1 Å². The van der Waals surface area contributed by atoms with E-state index in [1.54, 1.807) is 0 Å². The Morgan fingerprint density at radius 3 is 1.13 bits per heavy atom. The molecule has 0 saturated heterocycles. The lowest BCUT2D eigenvalue weighted by atomic mass is 10.1. The molecule has 0 heterocycles. The summed E-state index contributed by atoms with van der Waals surface area (Å²) in [4.78, 5) is 37.3. The number of esters is 2. The first-order valence-corrected chi connectivity index (χ1v) is 27.1. The molecule has 0 aliphatic rings. The highest BCUT2D eigenvalue weighted by Gasteiger charge is 2.31. The molecule has 0 aromatic carbocycles. The molecule has 69 heavy (non-hydrogen) atoms. The molecule has 0 fully saturated rings. The second-order valence-electron chi connectivity index (χ2n) is 18.7. The predicted octanol–water partition coefficient (Wildman–Crippen LogP) is 16.1. The van der Waals surface area contributed by atoms with Gasteiger partial charge in [-0.15, -0.1) is 0 Å². The van der Waals surface area contributed by atoms with Crippen molar-refractivity contribution in [3.8, 4) is 0 Å². The Hall–Kier alpha value is -4.27. The van der Waals surface area contributed by atoms with Crippen molar-refractivity contribution in [2.45, 2.75) is 206 Å². The molecule has 0 spiro atoms. The minimum absolute atomic E-state index is 0.0434. The lowest BCUT2D eigenvalue weighted by molar-refractivity contribution is -0.887. The summed E-state index contributed by atoms with van der Waals surface area (Å²) >= 11 is 0. The van der Waals surface area contributed by atoms with Crippen LogP contribution in [0.2, 0.25) is 0 Å². The van der Waals surface area contributed by atoms with Crippen molar-refractivity contribution >= 4 is 17.9 Å². The fourth-order valence-corrected chi connectivity index (χ4v) is 7.26. The molecule has 0 aliphatic heterocycles. The molecule has 390 valence electrons. The normalized spacial score (nSPS) is 13.8. The van der Waals surface area contributed by atoms with Gasteiger partial charge in [-0.25, -0.2) is 4.79 Å².